The molecule has 1 heterocycles. The molecule has 3 aromatic rings. The van der Waals surface area contributed by atoms with E-state index in [0.717, 1.165) is 5.69 Å². The van der Waals surface area contributed by atoms with Crippen molar-refractivity contribution in [2.24, 2.45) is 0 Å². The summed E-state index contributed by atoms with van der Waals surface area (Å²) < 4.78 is 5.52. The summed E-state index contributed by atoms with van der Waals surface area (Å²) >= 11 is 0. The molecular weight excluding hydrogens is 356 g/mol. The Morgan fingerprint density at radius 2 is 1.79 bits per heavy atom. The van der Waals surface area contributed by atoms with Crippen LogP contribution in [0.15, 0.2) is 60.9 Å². The maximum absolute atomic E-state index is 12.6. The van der Waals surface area contributed by atoms with Gasteiger partial charge in [-0.05, 0) is 50.2 Å². The first-order chi connectivity index (χ1) is 13.6. The molecule has 28 heavy (non-hydrogen) atoms. The second kappa shape index (κ2) is 8.77. The van der Waals surface area contributed by atoms with Gasteiger partial charge in [-0.3, -0.25) is 9.59 Å². The molecule has 7 heteroatoms. The molecule has 2 N–H and O–H groups in total. The lowest BCUT2D eigenvalue weighted by Crippen LogP contribution is -2.15. The Morgan fingerprint density at radius 3 is 2.50 bits per heavy atom. The second-order valence-corrected chi connectivity index (χ2v) is 5.93. The summed E-state index contributed by atoms with van der Waals surface area (Å²) in [6.45, 7) is 3.89. The lowest BCUT2D eigenvalue weighted by molar-refractivity contribution is 0.101. The van der Waals surface area contributed by atoms with Crippen molar-refractivity contribution < 1.29 is 14.3 Å². The lowest BCUT2D eigenvalue weighted by atomic mass is 10.1. The molecule has 0 aliphatic rings. The van der Waals surface area contributed by atoms with Gasteiger partial charge in [0.1, 0.15) is 23.6 Å². The molecule has 0 saturated carbocycles. The van der Waals surface area contributed by atoms with E-state index in [9.17, 15) is 9.59 Å². The van der Waals surface area contributed by atoms with Crippen molar-refractivity contribution in [1.82, 2.24) is 9.97 Å². The average Bonchev–Trinajstić information content (AvgIpc) is 2.70. The largest absolute Gasteiger partial charge is 0.492 e. The van der Waals surface area contributed by atoms with Crippen LogP contribution in [0.1, 0.15) is 34.7 Å². The maximum Gasteiger partial charge on any atom is 0.274 e. The van der Waals surface area contributed by atoms with Gasteiger partial charge in [0, 0.05) is 17.3 Å². The minimum Gasteiger partial charge on any atom is -0.492 e. The molecule has 0 saturated heterocycles. The fourth-order valence-electron chi connectivity index (χ4n) is 2.52. The minimum absolute atomic E-state index is 0.000114. The second-order valence-electron chi connectivity index (χ2n) is 5.93. The Balaban J connectivity index is 1.74. The first-order valence-corrected chi connectivity index (χ1v) is 8.80. The molecule has 1 amide bonds. The Labute approximate surface area is 162 Å². The van der Waals surface area contributed by atoms with Crippen LogP contribution in [0.3, 0.4) is 0 Å². The molecule has 0 radical (unpaired) electrons. The number of aromatic nitrogens is 2. The lowest BCUT2D eigenvalue weighted by Gasteiger charge is -2.11. The van der Waals surface area contributed by atoms with Crippen molar-refractivity contribution in [2.75, 3.05) is 17.2 Å². The Bertz CT molecular complexity index is 987. The quantitative estimate of drug-likeness (QED) is 0.604. The summed E-state index contributed by atoms with van der Waals surface area (Å²) in [5, 5.41) is 5.90. The number of nitrogens with one attached hydrogen (secondary N) is 2. The molecule has 0 bridgehead atoms. The van der Waals surface area contributed by atoms with E-state index in [1.165, 1.54) is 13.3 Å². The van der Waals surface area contributed by atoms with E-state index in [-0.39, 0.29) is 17.4 Å². The molecule has 0 atom stereocenters. The predicted molar refractivity (Wildman–Crippen MR) is 107 cm³/mol. The Kier molecular flexibility index (Phi) is 5.96. The first kappa shape index (κ1) is 19.0. The number of rotatable bonds is 7. The van der Waals surface area contributed by atoms with E-state index in [4.69, 9.17) is 4.74 Å². The number of carbonyl (C=O) groups is 2. The fraction of sp³-hybridized carbons (Fsp3) is 0.143. The van der Waals surface area contributed by atoms with Crippen LogP contribution in [-0.4, -0.2) is 28.3 Å². The van der Waals surface area contributed by atoms with Crippen LogP contribution in [0.4, 0.5) is 17.2 Å². The molecule has 1 aromatic heterocycles. The SMILES string of the molecule is CCOc1ccccc1NC(=O)c1cc(Nc2ccc(C(C)=O)cc2)ncn1. The number of Topliss-reactive ketones (excluding diaryl/α,β-unsaturated/α-hetero) is 1. The highest BCUT2D eigenvalue weighted by Crippen LogP contribution is 2.24. The molecular formula is C21H20N4O3. The topological polar surface area (TPSA) is 93.2 Å². The molecule has 0 aliphatic heterocycles. The summed E-state index contributed by atoms with van der Waals surface area (Å²) in [5.41, 5.74) is 2.16. The van der Waals surface area contributed by atoms with Gasteiger partial charge in [0.05, 0.1) is 12.3 Å². The zero-order valence-corrected chi connectivity index (χ0v) is 15.6. The van der Waals surface area contributed by atoms with Gasteiger partial charge in [-0.1, -0.05) is 12.1 Å². The van der Waals surface area contributed by atoms with Crippen LogP contribution in [0.2, 0.25) is 0 Å². The minimum atomic E-state index is -0.371. The van der Waals surface area contributed by atoms with Gasteiger partial charge in [0.2, 0.25) is 0 Å². The number of ketones is 1. The van der Waals surface area contributed by atoms with Crippen LogP contribution in [0, 0.1) is 0 Å². The van der Waals surface area contributed by atoms with Crippen LogP contribution in [-0.2, 0) is 0 Å². The third-order valence-electron chi connectivity index (χ3n) is 3.90. The van der Waals surface area contributed by atoms with Crippen LogP contribution < -0.4 is 15.4 Å². The van der Waals surface area contributed by atoms with Crippen LogP contribution in [0.5, 0.6) is 5.75 Å². The summed E-state index contributed by atoms with van der Waals surface area (Å²) in [6, 6.07) is 15.8. The van der Waals surface area contributed by atoms with Gasteiger partial charge in [-0.2, -0.15) is 0 Å². The van der Waals surface area contributed by atoms with Crippen molar-refractivity contribution in [3.63, 3.8) is 0 Å². The van der Waals surface area contributed by atoms with Gasteiger partial charge in [-0.25, -0.2) is 9.97 Å². The number of ether oxygens (including phenoxy) is 1. The smallest absolute Gasteiger partial charge is 0.274 e. The highest BCUT2D eigenvalue weighted by Gasteiger charge is 2.12. The highest BCUT2D eigenvalue weighted by molar-refractivity contribution is 6.04. The zero-order valence-electron chi connectivity index (χ0n) is 15.6. The standard InChI is InChI=1S/C21H20N4O3/c1-3-28-19-7-5-4-6-17(19)25-21(27)18-12-20(23-13-22-18)24-16-10-8-15(9-11-16)14(2)26/h4-13H,3H2,1-2H3,(H,25,27)(H,22,23,24). The van der Waals surface area contributed by atoms with Gasteiger partial charge < -0.3 is 15.4 Å². The van der Waals surface area contributed by atoms with Crippen molar-refractivity contribution in [3.05, 3.63) is 72.2 Å². The normalized spacial score (nSPS) is 10.2. The fourth-order valence-corrected chi connectivity index (χ4v) is 2.52. The molecule has 7 nitrogen and oxygen atoms in total. The molecule has 0 unspecified atom stereocenters. The number of anilines is 3. The number of hydrogen-bond donors (Lipinski definition) is 2. The van der Waals surface area contributed by atoms with E-state index in [1.807, 2.05) is 19.1 Å². The zero-order chi connectivity index (χ0) is 19.9. The number of benzene rings is 2. The van der Waals surface area contributed by atoms with Gasteiger partial charge in [-0.15, -0.1) is 0 Å². The number of amides is 1. The number of hydrogen-bond acceptors (Lipinski definition) is 6. The summed E-state index contributed by atoms with van der Waals surface area (Å²) in [6.07, 6.45) is 1.32. The van der Waals surface area contributed by atoms with Crippen LogP contribution >= 0.6 is 0 Å². The molecule has 0 spiro atoms. The van der Waals surface area contributed by atoms with Crippen molar-refractivity contribution in [2.45, 2.75) is 13.8 Å². The number of nitrogens with zero attached hydrogens (tertiary/aromatic N) is 2. The number of para-hydroxylation sites is 2. The molecule has 3 rings (SSSR count). The van der Waals surface area contributed by atoms with Crippen molar-refractivity contribution >= 4 is 28.9 Å². The van der Waals surface area contributed by atoms with Crippen LogP contribution in [0.25, 0.3) is 0 Å². The van der Waals surface area contributed by atoms with E-state index in [1.54, 1.807) is 42.5 Å². The summed E-state index contributed by atoms with van der Waals surface area (Å²) in [7, 11) is 0. The summed E-state index contributed by atoms with van der Waals surface area (Å²) in [4.78, 5) is 32.1. The molecule has 0 aliphatic carbocycles. The highest BCUT2D eigenvalue weighted by atomic mass is 16.5. The monoisotopic (exact) mass is 376 g/mol. The summed E-state index contributed by atoms with van der Waals surface area (Å²) in [5.74, 6) is 0.689. The molecule has 2 aromatic carbocycles. The van der Waals surface area contributed by atoms with Crippen molar-refractivity contribution in [1.29, 1.82) is 0 Å². The van der Waals surface area contributed by atoms with Gasteiger partial charge in [0.25, 0.3) is 5.91 Å². The van der Waals surface area contributed by atoms with E-state index >= 15 is 0 Å². The third kappa shape index (κ3) is 4.70. The Morgan fingerprint density at radius 1 is 1.04 bits per heavy atom. The number of carbonyl (C=O) groups excluding carboxylic acids is 2. The van der Waals surface area contributed by atoms with Gasteiger partial charge in [0.15, 0.2) is 5.78 Å². The predicted octanol–water partition coefficient (Wildman–Crippen LogP) is 4.07. The average molecular weight is 376 g/mol. The van der Waals surface area contributed by atoms with E-state index in [0.29, 0.717) is 29.4 Å². The Hall–Kier alpha value is -3.74. The third-order valence-corrected chi connectivity index (χ3v) is 3.90. The van der Waals surface area contributed by atoms with E-state index < -0.39 is 0 Å². The molecule has 0 fully saturated rings. The maximum atomic E-state index is 12.6. The van der Waals surface area contributed by atoms with Gasteiger partial charge >= 0.3 is 0 Å². The van der Waals surface area contributed by atoms with Crippen molar-refractivity contribution in [3.8, 4) is 5.75 Å². The van der Waals surface area contributed by atoms with E-state index in [2.05, 4.69) is 20.6 Å². The first-order valence-electron chi connectivity index (χ1n) is 8.80. The molecule has 142 valence electrons.